The van der Waals surface area contributed by atoms with E-state index in [-0.39, 0.29) is 17.6 Å². The van der Waals surface area contributed by atoms with Crippen LogP contribution in [0.1, 0.15) is 24.9 Å². The summed E-state index contributed by atoms with van der Waals surface area (Å²) in [7, 11) is 1.62. The lowest BCUT2D eigenvalue weighted by atomic mass is 9.95. The number of amides is 3. The molecule has 1 atom stereocenters. The molecule has 0 spiro atoms. The summed E-state index contributed by atoms with van der Waals surface area (Å²) in [5, 5.41) is 13.8. The van der Waals surface area contributed by atoms with Gasteiger partial charge in [0.1, 0.15) is 0 Å². The van der Waals surface area contributed by atoms with Gasteiger partial charge in [0, 0.05) is 25.7 Å². The lowest BCUT2D eigenvalue weighted by Gasteiger charge is -2.31. The van der Waals surface area contributed by atoms with E-state index in [4.69, 9.17) is 0 Å². The van der Waals surface area contributed by atoms with E-state index >= 15 is 0 Å². The number of likely N-dealkylation sites (N-methyl/N-ethyl adjacent to an activating group) is 1. The number of nitrogens with one attached hydrogen (secondary N) is 1. The van der Waals surface area contributed by atoms with Crippen LogP contribution in [0.15, 0.2) is 35.5 Å². The number of nitrogens with zero attached hydrogens (tertiary/aromatic N) is 3. The second kappa shape index (κ2) is 5.95. The summed E-state index contributed by atoms with van der Waals surface area (Å²) >= 11 is 0. The molecule has 0 radical (unpaired) electrons. The van der Waals surface area contributed by atoms with E-state index < -0.39 is 11.0 Å². The highest BCUT2D eigenvalue weighted by molar-refractivity contribution is 6.01. The lowest BCUT2D eigenvalue weighted by molar-refractivity contribution is -0.384. The molecule has 2 aliphatic heterocycles. The van der Waals surface area contributed by atoms with Gasteiger partial charge in [0.15, 0.2) is 0 Å². The van der Waals surface area contributed by atoms with Gasteiger partial charge in [0.05, 0.1) is 28.8 Å². The highest BCUT2D eigenvalue weighted by Crippen LogP contribution is 2.36. The first kappa shape index (κ1) is 16.0. The van der Waals surface area contributed by atoms with E-state index in [1.165, 1.54) is 17.0 Å². The number of hydrogen-bond donors (Lipinski definition) is 1. The molecule has 8 heteroatoms. The zero-order valence-electron chi connectivity index (χ0n) is 13.5. The highest BCUT2D eigenvalue weighted by Gasteiger charge is 2.42. The number of carbonyl (C=O) groups excluding carboxylic acids is 2. The Morgan fingerprint density at radius 1 is 1.38 bits per heavy atom. The maximum absolute atomic E-state index is 12.7. The van der Waals surface area contributed by atoms with E-state index in [9.17, 15) is 19.7 Å². The van der Waals surface area contributed by atoms with Crippen molar-refractivity contribution in [2.45, 2.75) is 19.4 Å². The minimum absolute atomic E-state index is 0.0707. The fourth-order valence-corrected chi connectivity index (χ4v) is 3.14. The Morgan fingerprint density at radius 3 is 2.79 bits per heavy atom. The molecule has 2 aliphatic rings. The monoisotopic (exact) mass is 330 g/mol. The third-order valence-electron chi connectivity index (χ3n) is 4.34. The summed E-state index contributed by atoms with van der Waals surface area (Å²) < 4.78 is 0. The van der Waals surface area contributed by atoms with Crippen LogP contribution in [0, 0.1) is 10.1 Å². The van der Waals surface area contributed by atoms with Crippen LogP contribution in [0.5, 0.6) is 0 Å². The van der Waals surface area contributed by atoms with Crippen molar-refractivity contribution in [3.05, 3.63) is 51.2 Å². The van der Waals surface area contributed by atoms with Gasteiger partial charge in [-0.15, -0.1) is 0 Å². The first-order valence-corrected chi connectivity index (χ1v) is 7.75. The second-order valence-electron chi connectivity index (χ2n) is 5.88. The van der Waals surface area contributed by atoms with Crippen molar-refractivity contribution in [1.82, 2.24) is 15.1 Å². The lowest BCUT2D eigenvalue weighted by Crippen LogP contribution is -2.45. The minimum Gasteiger partial charge on any atom is -0.333 e. The summed E-state index contributed by atoms with van der Waals surface area (Å²) in [5.74, 6) is -0.129. The van der Waals surface area contributed by atoms with Crippen LogP contribution < -0.4 is 5.32 Å². The van der Waals surface area contributed by atoms with Crippen molar-refractivity contribution in [3.63, 3.8) is 0 Å². The zero-order valence-corrected chi connectivity index (χ0v) is 13.5. The van der Waals surface area contributed by atoms with E-state index in [1.54, 1.807) is 24.1 Å². The van der Waals surface area contributed by atoms with E-state index in [0.717, 1.165) is 6.42 Å². The maximum atomic E-state index is 12.7. The van der Waals surface area contributed by atoms with Gasteiger partial charge in [-0.05, 0) is 12.0 Å². The Bertz CT molecular complexity index is 758. The fourth-order valence-electron chi connectivity index (χ4n) is 3.14. The summed E-state index contributed by atoms with van der Waals surface area (Å²) in [5.41, 5.74) is 1.61. The number of nitro benzene ring substituents is 1. The summed E-state index contributed by atoms with van der Waals surface area (Å²) in [6.45, 7) is 2.97. The number of rotatable bonds is 4. The number of carbonyl (C=O) groups is 2. The van der Waals surface area contributed by atoms with Crippen molar-refractivity contribution < 1.29 is 14.5 Å². The Morgan fingerprint density at radius 2 is 2.12 bits per heavy atom. The van der Waals surface area contributed by atoms with Crippen LogP contribution in [0.2, 0.25) is 0 Å². The van der Waals surface area contributed by atoms with Gasteiger partial charge in [-0.25, -0.2) is 4.79 Å². The van der Waals surface area contributed by atoms with Gasteiger partial charge in [0.25, 0.3) is 11.6 Å². The van der Waals surface area contributed by atoms with Crippen molar-refractivity contribution in [2.75, 3.05) is 20.1 Å². The molecule has 1 aromatic rings. The fraction of sp³-hybridized carbons (Fsp3) is 0.375. The largest absolute Gasteiger partial charge is 0.333 e. The molecule has 0 bridgehead atoms. The molecule has 3 rings (SSSR count). The topological polar surface area (TPSA) is 95.8 Å². The molecule has 126 valence electrons. The molecule has 8 nitrogen and oxygen atoms in total. The van der Waals surface area contributed by atoms with Crippen LogP contribution in [0.3, 0.4) is 0 Å². The number of non-ortho nitro benzene ring substituents is 1. The summed E-state index contributed by atoms with van der Waals surface area (Å²) in [4.78, 5) is 38.6. The molecule has 1 unspecified atom stereocenters. The number of nitro groups is 1. The maximum Gasteiger partial charge on any atom is 0.322 e. The first-order valence-electron chi connectivity index (χ1n) is 7.75. The molecule has 0 saturated carbocycles. The average Bonchev–Trinajstić information content (AvgIpc) is 2.89. The SMILES string of the molecule is CCCN1CC2=C(C1=O)C(c1cccc([N+](=O)[O-])c1)NC(=O)N2C. The first-order chi connectivity index (χ1) is 11.4. The molecule has 24 heavy (non-hydrogen) atoms. The smallest absolute Gasteiger partial charge is 0.322 e. The van der Waals surface area contributed by atoms with Gasteiger partial charge in [-0.3, -0.25) is 19.8 Å². The van der Waals surface area contributed by atoms with Crippen LogP contribution >= 0.6 is 0 Å². The van der Waals surface area contributed by atoms with E-state index in [0.29, 0.717) is 29.9 Å². The highest BCUT2D eigenvalue weighted by atomic mass is 16.6. The van der Waals surface area contributed by atoms with E-state index in [1.807, 2.05) is 6.92 Å². The molecular formula is C16H18N4O4. The molecule has 1 N–H and O–H groups in total. The number of urea groups is 1. The molecule has 0 aromatic heterocycles. The quantitative estimate of drug-likeness (QED) is 0.672. The van der Waals surface area contributed by atoms with Crippen molar-refractivity contribution in [1.29, 1.82) is 0 Å². The predicted molar refractivity (Wildman–Crippen MR) is 86.0 cm³/mol. The second-order valence-corrected chi connectivity index (χ2v) is 5.88. The Labute approximate surface area is 138 Å². The van der Waals surface area contributed by atoms with Crippen LogP contribution in [0.25, 0.3) is 0 Å². The van der Waals surface area contributed by atoms with Crippen LogP contribution in [0.4, 0.5) is 10.5 Å². The molecular weight excluding hydrogens is 312 g/mol. The van der Waals surface area contributed by atoms with Gasteiger partial charge < -0.3 is 10.2 Å². The predicted octanol–water partition coefficient (Wildman–Crippen LogP) is 1.80. The normalized spacial score (nSPS) is 20.3. The molecule has 0 saturated heterocycles. The zero-order chi connectivity index (χ0) is 17.4. The third kappa shape index (κ3) is 2.49. The third-order valence-corrected chi connectivity index (χ3v) is 4.34. The van der Waals surface area contributed by atoms with Gasteiger partial charge in [-0.2, -0.15) is 0 Å². The summed E-state index contributed by atoms with van der Waals surface area (Å²) in [6, 6.07) is 5.03. The average molecular weight is 330 g/mol. The van der Waals surface area contributed by atoms with Crippen molar-refractivity contribution in [3.8, 4) is 0 Å². The Balaban J connectivity index is 2.04. The van der Waals surface area contributed by atoms with Crippen LogP contribution in [-0.4, -0.2) is 46.8 Å². The number of hydrogen-bond acceptors (Lipinski definition) is 4. The number of benzene rings is 1. The van der Waals surface area contributed by atoms with Gasteiger partial charge in [-0.1, -0.05) is 19.1 Å². The molecule has 0 aliphatic carbocycles. The molecule has 1 aromatic carbocycles. The molecule has 2 heterocycles. The Kier molecular flexibility index (Phi) is 3.96. The van der Waals surface area contributed by atoms with Crippen LogP contribution in [-0.2, 0) is 4.79 Å². The van der Waals surface area contributed by atoms with Crippen molar-refractivity contribution in [2.24, 2.45) is 0 Å². The summed E-state index contributed by atoms with van der Waals surface area (Å²) in [6.07, 6.45) is 0.818. The standard InChI is InChI=1S/C16H18N4O4/c1-3-7-19-9-12-13(15(19)21)14(17-16(22)18(12)2)10-5-4-6-11(8-10)20(23)24/h4-6,8,14H,3,7,9H2,1-2H3,(H,17,22). The van der Waals surface area contributed by atoms with Gasteiger partial charge >= 0.3 is 6.03 Å². The van der Waals surface area contributed by atoms with E-state index in [2.05, 4.69) is 5.32 Å². The Hall–Kier alpha value is -2.90. The molecule has 3 amide bonds. The van der Waals surface area contributed by atoms with Crippen molar-refractivity contribution >= 4 is 17.6 Å². The molecule has 0 fully saturated rings. The minimum atomic E-state index is -0.669. The van der Waals surface area contributed by atoms with Gasteiger partial charge in [0.2, 0.25) is 0 Å².